The van der Waals surface area contributed by atoms with Crippen LogP contribution in [0.4, 0.5) is 0 Å². The van der Waals surface area contributed by atoms with Crippen LogP contribution >= 0.6 is 28.2 Å². The highest BCUT2D eigenvalue weighted by molar-refractivity contribution is 7.71. The third kappa shape index (κ3) is 7.96. The first-order valence-corrected chi connectivity index (χ1v) is 10.3. The van der Waals surface area contributed by atoms with E-state index in [1.807, 2.05) is 6.92 Å². The van der Waals surface area contributed by atoms with Gasteiger partial charge in [0, 0.05) is 18.2 Å². The molecule has 0 spiro atoms. The fourth-order valence-electron chi connectivity index (χ4n) is 1.84. The fourth-order valence-corrected chi connectivity index (χ4v) is 3.43. The fraction of sp³-hybridized carbons (Fsp3) is 0.600. The maximum Gasteiger partial charge on any atom is 0.582 e. The molecule has 2 rings (SSSR count). The normalized spacial score (nSPS) is 20.6. The summed E-state index contributed by atoms with van der Waals surface area (Å²) in [5, 5.41) is 17.2. The minimum absolute atomic E-state index is 0.301. The second-order valence-corrected chi connectivity index (χ2v) is 8.20. The number of hydrogen-bond acceptors (Lipinski definition) is 10. The van der Waals surface area contributed by atoms with Crippen LogP contribution < -0.4 is 5.69 Å². The van der Waals surface area contributed by atoms with Crippen molar-refractivity contribution in [3.63, 3.8) is 0 Å². The molecule has 0 radical (unpaired) electrons. The molecule has 2 heterocycles. The summed E-state index contributed by atoms with van der Waals surface area (Å²) in [5.74, 6) is 0. The molecule has 0 saturated carbocycles. The van der Waals surface area contributed by atoms with E-state index in [0.29, 0.717) is 17.5 Å². The molecule has 1 aromatic heterocycles. The number of aliphatic hydroxyl groups is 2. The molecule has 1 aliphatic rings. The van der Waals surface area contributed by atoms with Crippen LogP contribution in [0, 0.1) is 11.6 Å². The largest absolute Gasteiger partial charge is 0.582 e. The Kier molecular flexibility index (Phi) is 8.61. The van der Waals surface area contributed by atoms with Gasteiger partial charge in [0.05, 0.1) is 0 Å². The van der Waals surface area contributed by atoms with Crippen molar-refractivity contribution in [2.75, 3.05) is 6.79 Å². The summed E-state index contributed by atoms with van der Waals surface area (Å²) < 4.78 is 24.0. The highest BCUT2D eigenvalue weighted by Crippen LogP contribution is 2.63. The van der Waals surface area contributed by atoms with Crippen molar-refractivity contribution < 1.29 is 47.9 Å². The topological polar surface area (TPSA) is 204 Å². The summed E-state index contributed by atoms with van der Waals surface area (Å²) in [6.45, 7) is 0.709. The molecule has 16 heteroatoms. The summed E-state index contributed by atoms with van der Waals surface area (Å²) in [6, 6.07) is 0. The Bertz CT molecular complexity index is 760. The average Bonchev–Trinajstić information content (AvgIpc) is 2.87. The van der Waals surface area contributed by atoms with Crippen molar-refractivity contribution in [2.45, 2.75) is 32.3 Å². The average molecular weight is 437 g/mol. The molecular formula is C10H19N2O11P2S+. The molecule has 1 fully saturated rings. The third-order valence-corrected chi connectivity index (χ3v) is 5.45. The third-order valence-electron chi connectivity index (χ3n) is 2.87. The first-order chi connectivity index (χ1) is 11.8. The first-order valence-electron chi connectivity index (χ1n) is 6.87. The van der Waals surface area contributed by atoms with Gasteiger partial charge in [-0.05, 0) is 17.7 Å². The lowest BCUT2D eigenvalue weighted by Gasteiger charge is -2.13. The number of aromatic nitrogens is 2. The van der Waals surface area contributed by atoms with Crippen molar-refractivity contribution in [1.82, 2.24) is 9.55 Å². The number of aromatic amines is 1. The summed E-state index contributed by atoms with van der Waals surface area (Å²) in [7, 11) is -9.58. The maximum absolute atomic E-state index is 11.6. The predicted octanol–water partition coefficient (Wildman–Crippen LogP) is -0.434. The smallest absolute Gasteiger partial charge is 0.368 e. The van der Waals surface area contributed by atoms with Crippen molar-refractivity contribution in [3.05, 3.63) is 26.9 Å². The van der Waals surface area contributed by atoms with Crippen LogP contribution in [-0.2, 0) is 18.1 Å². The van der Waals surface area contributed by atoms with Gasteiger partial charge in [0.25, 0.3) is 0 Å². The Labute approximate surface area is 152 Å². The first kappa shape index (κ1) is 23.4. The number of hydrogen-bond donors (Lipinski definition) is 7. The van der Waals surface area contributed by atoms with E-state index < -0.39 is 35.3 Å². The molecule has 0 bridgehead atoms. The van der Waals surface area contributed by atoms with Gasteiger partial charge in [-0.25, -0.2) is 9.36 Å². The van der Waals surface area contributed by atoms with Crippen molar-refractivity contribution in [3.8, 4) is 0 Å². The van der Waals surface area contributed by atoms with E-state index in [9.17, 15) is 14.5 Å². The zero-order valence-electron chi connectivity index (χ0n) is 13.3. The van der Waals surface area contributed by atoms with E-state index in [1.165, 1.54) is 4.57 Å². The number of aryl methyl sites for hydroxylation is 1. The Balaban J connectivity index is 0.000000276. The standard InChI is InChI=1S/C9H12N2O3S.CH6O8P2/c1-5-4-11(9(13)10-8(5)15)6-2-3-7(12)14-6;2-1-8-11(6,7)9-10(3,4)5/h4,6-7,12H,2-3H2,1H3,(H,10,13,15);2,6-7H,1H2,(H-,3,4,5)/p+1. The summed E-state index contributed by atoms with van der Waals surface area (Å²) >= 11 is 4.94. The lowest BCUT2D eigenvalue weighted by Crippen LogP contribution is -2.27. The molecular weight excluding hydrogens is 418 g/mol. The second kappa shape index (κ2) is 9.55. The summed E-state index contributed by atoms with van der Waals surface area (Å²) in [4.78, 5) is 47.0. The monoisotopic (exact) mass is 437 g/mol. The quantitative estimate of drug-likeness (QED) is 0.178. The van der Waals surface area contributed by atoms with Gasteiger partial charge in [0.15, 0.2) is 13.1 Å². The highest BCUT2D eigenvalue weighted by Gasteiger charge is 2.47. The Hall–Kier alpha value is -0.600. The molecule has 0 amide bonds. The number of ether oxygens (including phenoxy) is 1. The van der Waals surface area contributed by atoms with Gasteiger partial charge in [-0.15, -0.1) is 4.52 Å². The zero-order chi connectivity index (χ0) is 20.1. The van der Waals surface area contributed by atoms with E-state index in [0.717, 1.165) is 5.56 Å². The molecule has 7 N–H and O–H groups in total. The second-order valence-electron chi connectivity index (χ2n) is 4.92. The molecule has 2 unspecified atom stereocenters. The molecule has 1 aromatic rings. The van der Waals surface area contributed by atoms with E-state index in [1.54, 1.807) is 6.20 Å². The number of nitrogens with one attached hydrogen (secondary N) is 1. The van der Waals surface area contributed by atoms with Crippen LogP contribution in [-0.4, -0.2) is 52.4 Å². The van der Waals surface area contributed by atoms with E-state index in [-0.39, 0.29) is 5.69 Å². The van der Waals surface area contributed by atoms with Crippen LogP contribution in [0.25, 0.3) is 0 Å². The van der Waals surface area contributed by atoms with Crippen LogP contribution in [0.5, 0.6) is 0 Å². The predicted molar refractivity (Wildman–Crippen MR) is 88.6 cm³/mol. The van der Waals surface area contributed by atoms with E-state index in [4.69, 9.17) is 41.6 Å². The van der Waals surface area contributed by atoms with Gasteiger partial charge >= 0.3 is 21.7 Å². The summed E-state index contributed by atoms with van der Waals surface area (Å²) in [5.41, 5.74) is 0.513. The molecule has 1 aliphatic heterocycles. The SMILES string of the molecule is Cc1cn(C2CCC(O)O2)c(=O)[nH]c1=S.O=P(O)(O)O[P+](O)(O)OCO. The lowest BCUT2D eigenvalue weighted by atomic mass is 10.3. The van der Waals surface area contributed by atoms with Crippen molar-refractivity contribution in [1.29, 1.82) is 0 Å². The zero-order valence-corrected chi connectivity index (χ0v) is 15.9. The maximum atomic E-state index is 11.6. The minimum Gasteiger partial charge on any atom is -0.368 e. The number of rotatable bonds is 5. The molecule has 2 atom stereocenters. The van der Waals surface area contributed by atoms with Crippen LogP contribution in [0.3, 0.4) is 0 Å². The minimum atomic E-state index is -5.00. The van der Waals surface area contributed by atoms with Gasteiger partial charge in [-0.3, -0.25) is 9.55 Å². The Morgan fingerprint density at radius 2 is 2.08 bits per heavy atom. The van der Waals surface area contributed by atoms with Gasteiger partial charge in [-0.1, -0.05) is 12.2 Å². The molecule has 0 aliphatic carbocycles. The van der Waals surface area contributed by atoms with Crippen molar-refractivity contribution in [2.24, 2.45) is 0 Å². The molecule has 1 saturated heterocycles. The molecule has 0 aromatic carbocycles. The van der Waals surface area contributed by atoms with Gasteiger partial charge in [0.1, 0.15) is 10.9 Å². The summed E-state index contributed by atoms with van der Waals surface area (Å²) in [6.07, 6.45) is 1.67. The van der Waals surface area contributed by atoms with Crippen molar-refractivity contribution >= 4 is 28.2 Å². The lowest BCUT2D eigenvalue weighted by molar-refractivity contribution is -0.113. The molecule has 13 nitrogen and oxygen atoms in total. The number of H-pyrrole nitrogens is 1. The van der Waals surface area contributed by atoms with E-state index in [2.05, 4.69) is 13.8 Å². The van der Waals surface area contributed by atoms with Crippen LogP contribution in [0.1, 0.15) is 24.6 Å². The van der Waals surface area contributed by atoms with Gasteiger partial charge < -0.3 is 24.7 Å². The Morgan fingerprint density at radius 3 is 2.54 bits per heavy atom. The van der Waals surface area contributed by atoms with E-state index >= 15 is 0 Å². The highest BCUT2D eigenvalue weighted by atomic mass is 32.1. The number of aliphatic hydroxyl groups excluding tert-OH is 2. The van der Waals surface area contributed by atoms with Crippen LogP contribution in [0.15, 0.2) is 11.0 Å². The molecule has 26 heavy (non-hydrogen) atoms. The van der Waals surface area contributed by atoms with Crippen LogP contribution in [0.2, 0.25) is 0 Å². The Morgan fingerprint density at radius 1 is 1.46 bits per heavy atom. The van der Waals surface area contributed by atoms with Gasteiger partial charge in [0.2, 0.25) is 0 Å². The number of phosphoric acid groups is 1. The van der Waals surface area contributed by atoms with Gasteiger partial charge in [-0.2, -0.15) is 9.79 Å². The number of nitrogens with zero attached hydrogens (tertiary/aromatic N) is 1. The molecule has 150 valence electrons.